The second-order valence-electron chi connectivity index (χ2n) is 7.36. The van der Waals surface area contributed by atoms with E-state index in [4.69, 9.17) is 17.0 Å². The van der Waals surface area contributed by atoms with Gasteiger partial charge in [-0.1, -0.05) is 63.2 Å². The zero-order valence-corrected chi connectivity index (χ0v) is 17.3. The number of rotatable bonds is 5. The van der Waals surface area contributed by atoms with Gasteiger partial charge in [0.25, 0.3) is 0 Å². The van der Waals surface area contributed by atoms with Gasteiger partial charge >= 0.3 is 0 Å². The molecule has 0 fully saturated rings. The van der Waals surface area contributed by atoms with E-state index in [1.54, 1.807) is 18.0 Å². The Morgan fingerprint density at radius 2 is 1.82 bits per heavy atom. The predicted octanol–water partition coefficient (Wildman–Crippen LogP) is 5.46. The van der Waals surface area contributed by atoms with Crippen molar-refractivity contribution >= 4 is 24.5 Å². The molecule has 1 N–H and O–H groups in total. The van der Waals surface area contributed by atoms with Crippen molar-refractivity contribution in [3.8, 4) is 17.1 Å². The minimum Gasteiger partial charge on any atom is -0.496 e. The molecule has 6 heteroatoms. The van der Waals surface area contributed by atoms with Crippen LogP contribution in [0.15, 0.2) is 59.7 Å². The fraction of sp³-hybridized carbons (Fsp3) is 0.227. The van der Waals surface area contributed by atoms with Crippen LogP contribution in [0.5, 0.6) is 5.75 Å². The second kappa shape index (κ2) is 8.35. The van der Waals surface area contributed by atoms with Crippen molar-refractivity contribution in [2.75, 3.05) is 7.11 Å². The van der Waals surface area contributed by atoms with Crippen LogP contribution in [0.3, 0.4) is 0 Å². The number of benzene rings is 2. The van der Waals surface area contributed by atoms with Crippen molar-refractivity contribution in [1.82, 2.24) is 14.9 Å². The Hall–Kier alpha value is -2.99. The quantitative estimate of drug-likeness (QED) is 0.463. The minimum atomic E-state index is 0.102. The second-order valence-corrected chi connectivity index (χ2v) is 7.74. The van der Waals surface area contributed by atoms with E-state index in [-0.39, 0.29) is 5.41 Å². The lowest BCUT2D eigenvalue weighted by atomic mass is 9.87. The molecular weight excluding hydrogens is 368 g/mol. The van der Waals surface area contributed by atoms with Crippen molar-refractivity contribution in [3.05, 3.63) is 70.5 Å². The Morgan fingerprint density at radius 1 is 1.11 bits per heavy atom. The molecule has 0 unspecified atom stereocenters. The summed E-state index contributed by atoms with van der Waals surface area (Å²) in [5, 5.41) is 11.6. The van der Waals surface area contributed by atoms with Crippen molar-refractivity contribution in [1.29, 1.82) is 0 Å². The first-order valence-electron chi connectivity index (χ1n) is 9.02. The topological polar surface area (TPSA) is 55.2 Å². The van der Waals surface area contributed by atoms with E-state index in [0.717, 1.165) is 16.9 Å². The molecule has 0 bridgehead atoms. The number of nitrogens with one attached hydrogen (secondary N) is 1. The van der Waals surface area contributed by atoms with Crippen molar-refractivity contribution in [2.24, 2.45) is 5.10 Å². The van der Waals surface area contributed by atoms with Gasteiger partial charge in [0.15, 0.2) is 5.82 Å². The van der Waals surface area contributed by atoms with Gasteiger partial charge in [0.1, 0.15) is 5.75 Å². The van der Waals surface area contributed by atoms with Gasteiger partial charge in [-0.25, -0.2) is 5.10 Å². The van der Waals surface area contributed by atoms with Crippen molar-refractivity contribution in [2.45, 2.75) is 26.2 Å². The van der Waals surface area contributed by atoms with Gasteiger partial charge in [-0.05, 0) is 41.4 Å². The summed E-state index contributed by atoms with van der Waals surface area (Å²) in [5.41, 5.74) is 3.29. The first-order chi connectivity index (χ1) is 13.4. The summed E-state index contributed by atoms with van der Waals surface area (Å²) in [6, 6.07) is 16.1. The molecule has 3 rings (SSSR count). The molecule has 0 atom stereocenters. The molecule has 0 radical (unpaired) electrons. The third-order valence-corrected chi connectivity index (χ3v) is 4.61. The molecule has 28 heavy (non-hydrogen) atoms. The zero-order valence-electron chi connectivity index (χ0n) is 16.5. The SMILES string of the molecule is COc1ccccc1/C=C\C=Nn1c(-c2ccc(C(C)(C)C)cc2)n[nH]c1=S. The summed E-state index contributed by atoms with van der Waals surface area (Å²) in [7, 11) is 1.66. The molecule has 5 nitrogen and oxygen atoms in total. The molecule has 0 saturated carbocycles. The van der Waals surface area contributed by atoms with Crippen LogP contribution in [-0.4, -0.2) is 28.2 Å². The Morgan fingerprint density at radius 3 is 2.50 bits per heavy atom. The highest BCUT2D eigenvalue weighted by molar-refractivity contribution is 7.71. The normalized spacial score (nSPS) is 12.1. The summed E-state index contributed by atoms with van der Waals surface area (Å²) in [6.07, 6.45) is 5.47. The van der Waals surface area contributed by atoms with Gasteiger partial charge in [0.2, 0.25) is 4.77 Å². The van der Waals surface area contributed by atoms with E-state index in [2.05, 4.69) is 48.2 Å². The van der Waals surface area contributed by atoms with Crippen LogP contribution in [0.25, 0.3) is 17.5 Å². The largest absolute Gasteiger partial charge is 0.496 e. The summed E-state index contributed by atoms with van der Waals surface area (Å²) in [5.74, 6) is 1.49. The Bertz CT molecular complexity index is 1050. The molecule has 0 amide bonds. The summed E-state index contributed by atoms with van der Waals surface area (Å²) in [4.78, 5) is 0. The van der Waals surface area contributed by atoms with Gasteiger partial charge < -0.3 is 4.74 Å². The highest BCUT2D eigenvalue weighted by Crippen LogP contribution is 2.25. The predicted molar refractivity (Wildman–Crippen MR) is 117 cm³/mol. The molecule has 1 heterocycles. The lowest BCUT2D eigenvalue weighted by Crippen LogP contribution is -2.10. The fourth-order valence-electron chi connectivity index (χ4n) is 2.76. The molecule has 0 aliphatic rings. The number of aromatic nitrogens is 3. The third-order valence-electron chi connectivity index (χ3n) is 4.34. The summed E-state index contributed by atoms with van der Waals surface area (Å²) < 4.78 is 7.41. The number of hydrogen-bond acceptors (Lipinski definition) is 4. The smallest absolute Gasteiger partial charge is 0.216 e. The van der Waals surface area contributed by atoms with E-state index in [1.165, 1.54) is 5.56 Å². The Labute approximate surface area is 170 Å². The minimum absolute atomic E-state index is 0.102. The number of hydrogen-bond donors (Lipinski definition) is 1. The van der Waals surface area contributed by atoms with E-state index < -0.39 is 0 Å². The third kappa shape index (κ3) is 4.46. The molecular formula is C22H24N4OS. The van der Waals surface area contributed by atoms with Crippen LogP contribution < -0.4 is 4.74 Å². The molecule has 3 aromatic rings. The van der Waals surface area contributed by atoms with Crippen LogP contribution in [0.1, 0.15) is 31.9 Å². The number of nitrogens with zero attached hydrogens (tertiary/aromatic N) is 3. The number of allylic oxidation sites excluding steroid dienone is 1. The highest BCUT2D eigenvalue weighted by atomic mass is 32.1. The van der Waals surface area contributed by atoms with E-state index >= 15 is 0 Å². The molecule has 0 saturated heterocycles. The molecule has 144 valence electrons. The zero-order chi connectivity index (χ0) is 20.1. The molecule has 0 spiro atoms. The average molecular weight is 393 g/mol. The standard InChI is InChI=1S/C22H24N4OS/c1-22(2,3)18-13-11-17(12-14-18)20-24-25-21(28)26(20)23-15-7-9-16-8-5-6-10-19(16)27-4/h5-15H,1-4H3,(H,25,28)/b9-7-,23-15?. The first kappa shape index (κ1) is 19.8. The van der Waals surface area contributed by atoms with Gasteiger partial charge in [0, 0.05) is 17.3 Å². The maximum Gasteiger partial charge on any atom is 0.216 e. The maximum atomic E-state index is 5.35. The average Bonchev–Trinajstić information content (AvgIpc) is 3.05. The monoisotopic (exact) mass is 392 g/mol. The van der Waals surface area contributed by atoms with Crippen LogP contribution in [0.2, 0.25) is 0 Å². The van der Waals surface area contributed by atoms with Crippen molar-refractivity contribution < 1.29 is 4.74 Å². The number of ether oxygens (including phenoxy) is 1. The molecule has 0 aliphatic carbocycles. The van der Waals surface area contributed by atoms with Gasteiger partial charge in [-0.3, -0.25) is 0 Å². The van der Waals surface area contributed by atoms with Crippen LogP contribution >= 0.6 is 12.2 Å². The Balaban J connectivity index is 1.84. The first-order valence-corrected chi connectivity index (χ1v) is 9.43. The highest BCUT2D eigenvalue weighted by Gasteiger charge is 2.14. The summed E-state index contributed by atoms with van der Waals surface area (Å²) in [6.45, 7) is 6.57. The van der Waals surface area contributed by atoms with E-state index in [9.17, 15) is 0 Å². The number of methoxy groups -OCH3 is 1. The number of H-pyrrole nitrogens is 1. The lowest BCUT2D eigenvalue weighted by Gasteiger charge is -2.18. The lowest BCUT2D eigenvalue weighted by molar-refractivity contribution is 0.414. The number of aromatic amines is 1. The van der Waals surface area contributed by atoms with E-state index in [0.29, 0.717) is 10.6 Å². The maximum absolute atomic E-state index is 5.35. The summed E-state index contributed by atoms with van der Waals surface area (Å²) >= 11 is 5.33. The molecule has 0 aliphatic heterocycles. The van der Waals surface area contributed by atoms with E-state index in [1.807, 2.05) is 48.6 Å². The van der Waals surface area contributed by atoms with Crippen molar-refractivity contribution in [3.63, 3.8) is 0 Å². The number of para-hydroxylation sites is 1. The Kier molecular flexibility index (Phi) is 5.90. The van der Waals surface area contributed by atoms with Gasteiger partial charge in [-0.15, -0.1) is 0 Å². The van der Waals surface area contributed by atoms with Crippen LogP contribution in [-0.2, 0) is 5.41 Å². The van der Waals surface area contributed by atoms with Gasteiger partial charge in [-0.2, -0.15) is 14.9 Å². The fourth-order valence-corrected chi connectivity index (χ4v) is 2.94. The van der Waals surface area contributed by atoms with Crippen LogP contribution in [0.4, 0.5) is 0 Å². The van der Waals surface area contributed by atoms with Gasteiger partial charge in [0.05, 0.1) is 7.11 Å². The molecule has 1 aromatic heterocycles. The van der Waals surface area contributed by atoms with Crippen LogP contribution in [0, 0.1) is 4.77 Å². The molecule has 2 aromatic carbocycles.